The molecule has 1 unspecified atom stereocenters. The Morgan fingerprint density at radius 3 is 2.25 bits per heavy atom. The van der Waals surface area contributed by atoms with Crippen LogP contribution in [-0.2, 0) is 5.41 Å². The monoisotopic (exact) mass is 327 g/mol. The lowest BCUT2D eigenvalue weighted by molar-refractivity contribution is 0.190. The quantitative estimate of drug-likeness (QED) is 0.689. The van der Waals surface area contributed by atoms with Crippen LogP contribution in [0, 0.1) is 0 Å². The van der Waals surface area contributed by atoms with Crippen LogP contribution in [0.1, 0.15) is 38.3 Å². The first kappa shape index (κ1) is 18.5. The van der Waals surface area contributed by atoms with E-state index in [1.807, 2.05) is 18.2 Å². The molecule has 0 spiro atoms. The SMILES string of the molecule is CC(O)CNCCCOc1ccc(C(C)(C)c2ccccc2)cc1. The molecule has 0 aliphatic carbocycles. The zero-order valence-corrected chi connectivity index (χ0v) is 15.0. The Balaban J connectivity index is 1.85. The van der Waals surface area contributed by atoms with Gasteiger partial charge in [0.1, 0.15) is 5.75 Å². The molecule has 0 heterocycles. The fraction of sp³-hybridized carbons (Fsp3) is 0.429. The Hall–Kier alpha value is -1.84. The Morgan fingerprint density at radius 1 is 1.00 bits per heavy atom. The number of hydrogen-bond acceptors (Lipinski definition) is 3. The number of rotatable bonds is 9. The van der Waals surface area contributed by atoms with Gasteiger partial charge in [-0.3, -0.25) is 0 Å². The second-order valence-corrected chi connectivity index (χ2v) is 6.77. The first-order chi connectivity index (χ1) is 11.5. The van der Waals surface area contributed by atoms with E-state index in [4.69, 9.17) is 9.84 Å². The van der Waals surface area contributed by atoms with Crippen LogP contribution in [0.3, 0.4) is 0 Å². The minimum atomic E-state index is -0.300. The molecule has 2 rings (SSSR count). The molecule has 1 atom stereocenters. The van der Waals surface area contributed by atoms with Gasteiger partial charge in [0, 0.05) is 12.0 Å². The van der Waals surface area contributed by atoms with Gasteiger partial charge in [0.2, 0.25) is 0 Å². The van der Waals surface area contributed by atoms with Gasteiger partial charge in [0.25, 0.3) is 0 Å². The zero-order chi connectivity index (χ0) is 17.4. The van der Waals surface area contributed by atoms with E-state index in [2.05, 4.69) is 55.6 Å². The molecule has 24 heavy (non-hydrogen) atoms. The maximum atomic E-state index is 9.17. The van der Waals surface area contributed by atoms with E-state index in [0.717, 1.165) is 18.7 Å². The minimum absolute atomic E-state index is 0.0231. The van der Waals surface area contributed by atoms with Gasteiger partial charge in [0.15, 0.2) is 0 Å². The fourth-order valence-corrected chi connectivity index (χ4v) is 2.69. The van der Waals surface area contributed by atoms with Gasteiger partial charge < -0.3 is 15.2 Å². The average Bonchev–Trinajstić information content (AvgIpc) is 2.59. The molecule has 0 aromatic heterocycles. The van der Waals surface area contributed by atoms with Crippen molar-refractivity contribution in [2.75, 3.05) is 19.7 Å². The molecule has 0 aliphatic rings. The van der Waals surface area contributed by atoms with Crippen molar-refractivity contribution in [1.82, 2.24) is 5.32 Å². The average molecular weight is 327 g/mol. The van der Waals surface area contributed by atoms with E-state index >= 15 is 0 Å². The minimum Gasteiger partial charge on any atom is -0.494 e. The number of hydrogen-bond donors (Lipinski definition) is 2. The van der Waals surface area contributed by atoms with Gasteiger partial charge in [-0.2, -0.15) is 0 Å². The summed E-state index contributed by atoms with van der Waals surface area (Å²) in [5.74, 6) is 0.901. The third kappa shape index (κ3) is 5.36. The van der Waals surface area contributed by atoms with Crippen molar-refractivity contribution >= 4 is 0 Å². The van der Waals surface area contributed by atoms with Gasteiger partial charge in [0.05, 0.1) is 12.7 Å². The Kier molecular flexibility index (Phi) is 6.83. The summed E-state index contributed by atoms with van der Waals surface area (Å²) in [5.41, 5.74) is 2.56. The highest BCUT2D eigenvalue weighted by Gasteiger charge is 2.22. The molecular weight excluding hydrogens is 298 g/mol. The lowest BCUT2D eigenvalue weighted by Gasteiger charge is -2.26. The van der Waals surface area contributed by atoms with Crippen LogP contribution < -0.4 is 10.1 Å². The molecule has 0 fully saturated rings. The number of nitrogens with one attached hydrogen (secondary N) is 1. The number of aliphatic hydroxyl groups is 1. The summed E-state index contributed by atoms with van der Waals surface area (Å²) >= 11 is 0. The zero-order valence-electron chi connectivity index (χ0n) is 15.0. The topological polar surface area (TPSA) is 41.5 Å². The Bertz CT molecular complexity index is 591. The lowest BCUT2D eigenvalue weighted by Crippen LogP contribution is -2.26. The molecular formula is C21H29NO2. The molecule has 0 aliphatic heterocycles. The van der Waals surface area contributed by atoms with Crippen molar-refractivity contribution in [2.24, 2.45) is 0 Å². The third-order valence-corrected chi connectivity index (χ3v) is 4.28. The molecule has 2 aromatic carbocycles. The summed E-state index contributed by atoms with van der Waals surface area (Å²) in [6.45, 7) is 8.42. The maximum absolute atomic E-state index is 9.17. The van der Waals surface area contributed by atoms with Crippen LogP contribution in [0.5, 0.6) is 5.75 Å². The number of benzene rings is 2. The van der Waals surface area contributed by atoms with Crippen LogP contribution in [0.25, 0.3) is 0 Å². The van der Waals surface area contributed by atoms with Crippen molar-refractivity contribution in [3.63, 3.8) is 0 Å². The van der Waals surface area contributed by atoms with Crippen LogP contribution in [0.2, 0.25) is 0 Å². The molecule has 130 valence electrons. The van der Waals surface area contributed by atoms with Crippen molar-refractivity contribution in [3.05, 3.63) is 65.7 Å². The molecule has 3 nitrogen and oxygen atoms in total. The van der Waals surface area contributed by atoms with Crippen molar-refractivity contribution < 1.29 is 9.84 Å². The van der Waals surface area contributed by atoms with Gasteiger partial charge in [-0.25, -0.2) is 0 Å². The van der Waals surface area contributed by atoms with E-state index in [0.29, 0.717) is 13.2 Å². The van der Waals surface area contributed by atoms with Crippen LogP contribution in [0.15, 0.2) is 54.6 Å². The molecule has 0 saturated carbocycles. The summed E-state index contributed by atoms with van der Waals surface area (Å²) in [6, 6.07) is 18.9. The van der Waals surface area contributed by atoms with Gasteiger partial charge in [-0.15, -0.1) is 0 Å². The van der Waals surface area contributed by atoms with E-state index in [-0.39, 0.29) is 11.5 Å². The largest absolute Gasteiger partial charge is 0.494 e. The molecule has 0 bridgehead atoms. The van der Waals surface area contributed by atoms with Crippen molar-refractivity contribution in [3.8, 4) is 5.75 Å². The van der Waals surface area contributed by atoms with E-state index in [9.17, 15) is 0 Å². The first-order valence-electron chi connectivity index (χ1n) is 8.68. The van der Waals surface area contributed by atoms with Crippen molar-refractivity contribution in [2.45, 2.75) is 38.7 Å². The number of aliphatic hydroxyl groups excluding tert-OH is 1. The number of ether oxygens (including phenoxy) is 1. The lowest BCUT2D eigenvalue weighted by atomic mass is 9.78. The molecule has 3 heteroatoms. The summed E-state index contributed by atoms with van der Waals surface area (Å²) in [5, 5.41) is 12.4. The van der Waals surface area contributed by atoms with Crippen LogP contribution in [0.4, 0.5) is 0 Å². The Labute approximate surface area is 145 Å². The van der Waals surface area contributed by atoms with Crippen LogP contribution >= 0.6 is 0 Å². The highest BCUT2D eigenvalue weighted by atomic mass is 16.5. The van der Waals surface area contributed by atoms with E-state index in [1.54, 1.807) is 6.92 Å². The summed E-state index contributed by atoms with van der Waals surface area (Å²) in [7, 11) is 0. The molecule has 2 aromatic rings. The summed E-state index contributed by atoms with van der Waals surface area (Å²) in [6.07, 6.45) is 0.621. The molecule has 0 amide bonds. The van der Waals surface area contributed by atoms with Gasteiger partial charge in [-0.05, 0) is 43.1 Å². The summed E-state index contributed by atoms with van der Waals surface area (Å²) in [4.78, 5) is 0. The van der Waals surface area contributed by atoms with E-state index in [1.165, 1.54) is 11.1 Å². The van der Waals surface area contributed by atoms with E-state index < -0.39 is 0 Å². The first-order valence-corrected chi connectivity index (χ1v) is 8.68. The molecule has 0 saturated heterocycles. The standard InChI is InChI=1S/C21H29NO2/c1-17(23)16-22-14-7-15-24-20-12-10-19(11-13-20)21(2,3)18-8-5-4-6-9-18/h4-6,8-13,17,22-23H,7,14-16H2,1-3H3. The Morgan fingerprint density at radius 2 is 1.62 bits per heavy atom. The van der Waals surface area contributed by atoms with Crippen LogP contribution in [-0.4, -0.2) is 30.9 Å². The second kappa shape index (κ2) is 8.86. The van der Waals surface area contributed by atoms with Gasteiger partial charge in [-0.1, -0.05) is 56.3 Å². The highest BCUT2D eigenvalue weighted by Crippen LogP contribution is 2.32. The molecule has 0 radical (unpaired) electrons. The maximum Gasteiger partial charge on any atom is 0.119 e. The van der Waals surface area contributed by atoms with Gasteiger partial charge >= 0.3 is 0 Å². The predicted octanol–water partition coefficient (Wildman–Crippen LogP) is 3.75. The second-order valence-electron chi connectivity index (χ2n) is 6.77. The normalized spacial score (nSPS) is 12.8. The smallest absolute Gasteiger partial charge is 0.119 e. The predicted molar refractivity (Wildman–Crippen MR) is 99.7 cm³/mol. The van der Waals surface area contributed by atoms with Crippen molar-refractivity contribution in [1.29, 1.82) is 0 Å². The fourth-order valence-electron chi connectivity index (χ4n) is 2.69. The highest BCUT2D eigenvalue weighted by molar-refractivity contribution is 5.39. The summed E-state index contributed by atoms with van der Waals surface area (Å²) < 4.78 is 5.78. The third-order valence-electron chi connectivity index (χ3n) is 4.28. The molecule has 2 N–H and O–H groups in total.